The van der Waals surface area contributed by atoms with Crippen molar-refractivity contribution < 1.29 is 10.2 Å². The smallest absolute Gasteiger partial charge is 0.0811 e. The number of hydrogen-bond acceptors (Lipinski definition) is 2. The van der Waals surface area contributed by atoms with Gasteiger partial charge in [0.2, 0.25) is 0 Å². The second-order valence-corrected chi connectivity index (χ2v) is 11.0. The Balaban J connectivity index is 1.71. The predicted octanol–water partition coefficient (Wildman–Crippen LogP) is 6.59. The van der Waals surface area contributed by atoms with Crippen LogP contribution >= 0.6 is 0 Å². The van der Waals surface area contributed by atoms with Crippen molar-refractivity contribution in [2.24, 2.45) is 29.1 Å². The maximum absolute atomic E-state index is 10.1. The molecule has 164 valence electrons. The van der Waals surface area contributed by atoms with Gasteiger partial charge in [-0.05, 0) is 78.8 Å². The molecule has 29 heavy (non-hydrogen) atoms. The number of aliphatic hydroxyl groups is 2. The number of rotatable bonds is 6. The highest BCUT2D eigenvalue weighted by atomic mass is 16.3. The van der Waals surface area contributed by atoms with Crippen molar-refractivity contribution >= 4 is 0 Å². The molecule has 6 atom stereocenters. The summed E-state index contributed by atoms with van der Waals surface area (Å²) in [5, 5.41) is 20.2. The first-order valence-electron chi connectivity index (χ1n) is 12.2. The molecule has 2 nitrogen and oxygen atoms in total. The molecule has 0 saturated heterocycles. The summed E-state index contributed by atoms with van der Waals surface area (Å²) < 4.78 is 0. The first-order valence-corrected chi connectivity index (χ1v) is 12.2. The minimum atomic E-state index is -0.595. The van der Waals surface area contributed by atoms with Gasteiger partial charge in [-0.25, -0.2) is 0 Å². The molecular formula is C27H44O2. The maximum atomic E-state index is 10.1. The van der Waals surface area contributed by atoms with Gasteiger partial charge in [-0.2, -0.15) is 0 Å². The van der Waals surface area contributed by atoms with E-state index >= 15 is 0 Å². The standard InChI is InChI=1S/C27H44O2/c1-18(2)8-6-9-19(3)24-13-14-25-21(10-7-15-27(24,25)5)11-12-22-16-23(28)17-26(29)20(22)4/h11-12,18-19,23-26,28-29H,4,6-10,13-17H2,1-3,5H3/b21-11-,22-12?/t19-,23-,24-,25+,26+,27-/m1/s1. The van der Waals surface area contributed by atoms with Crippen LogP contribution < -0.4 is 0 Å². The summed E-state index contributed by atoms with van der Waals surface area (Å²) in [4.78, 5) is 0. The Hall–Kier alpha value is -0.860. The third kappa shape index (κ3) is 5.07. The van der Waals surface area contributed by atoms with Gasteiger partial charge in [-0.1, -0.05) is 71.3 Å². The highest BCUT2D eigenvalue weighted by Gasteiger charge is 2.50. The lowest BCUT2D eigenvalue weighted by Crippen LogP contribution is -2.36. The van der Waals surface area contributed by atoms with Crippen molar-refractivity contribution in [3.05, 3.63) is 35.5 Å². The molecule has 0 spiro atoms. The van der Waals surface area contributed by atoms with Crippen molar-refractivity contribution in [3.8, 4) is 0 Å². The van der Waals surface area contributed by atoms with Gasteiger partial charge in [0.05, 0.1) is 12.2 Å². The molecule has 0 radical (unpaired) electrons. The third-order valence-electron chi connectivity index (χ3n) is 8.43. The van der Waals surface area contributed by atoms with Crippen LogP contribution in [-0.4, -0.2) is 22.4 Å². The monoisotopic (exact) mass is 400 g/mol. The molecule has 0 unspecified atom stereocenters. The predicted molar refractivity (Wildman–Crippen MR) is 123 cm³/mol. The van der Waals surface area contributed by atoms with Crippen LogP contribution in [0, 0.1) is 29.1 Å². The molecular weight excluding hydrogens is 356 g/mol. The van der Waals surface area contributed by atoms with Crippen LogP contribution in [-0.2, 0) is 0 Å². The van der Waals surface area contributed by atoms with E-state index < -0.39 is 12.2 Å². The van der Waals surface area contributed by atoms with Crippen molar-refractivity contribution in [2.45, 2.75) is 104 Å². The van der Waals surface area contributed by atoms with Crippen molar-refractivity contribution in [3.63, 3.8) is 0 Å². The lowest BCUT2D eigenvalue weighted by Gasteiger charge is -2.44. The molecule has 3 aliphatic carbocycles. The van der Waals surface area contributed by atoms with Gasteiger partial charge in [0.15, 0.2) is 0 Å². The number of hydrogen-bond donors (Lipinski definition) is 2. The lowest BCUT2D eigenvalue weighted by molar-refractivity contribution is 0.0861. The molecule has 3 fully saturated rings. The molecule has 2 heteroatoms. The molecule has 0 aliphatic heterocycles. The lowest BCUT2D eigenvalue weighted by atomic mass is 9.60. The maximum Gasteiger partial charge on any atom is 0.0811 e. The van der Waals surface area contributed by atoms with Crippen LogP contribution in [0.4, 0.5) is 0 Å². The zero-order chi connectivity index (χ0) is 21.2. The Morgan fingerprint density at radius 3 is 2.62 bits per heavy atom. The quantitative estimate of drug-likeness (QED) is 0.528. The van der Waals surface area contributed by atoms with Crippen molar-refractivity contribution in [1.29, 1.82) is 0 Å². The minimum absolute atomic E-state index is 0.420. The van der Waals surface area contributed by atoms with Crippen molar-refractivity contribution in [1.82, 2.24) is 0 Å². The zero-order valence-corrected chi connectivity index (χ0v) is 19.3. The van der Waals surface area contributed by atoms with Crippen LogP contribution in [0.25, 0.3) is 0 Å². The number of allylic oxidation sites excluding steroid dienone is 3. The van der Waals surface area contributed by atoms with Gasteiger partial charge in [-0.15, -0.1) is 0 Å². The highest BCUT2D eigenvalue weighted by Crippen LogP contribution is 2.59. The molecule has 3 rings (SSSR count). The molecule has 0 aromatic rings. The van der Waals surface area contributed by atoms with E-state index in [2.05, 4.69) is 46.4 Å². The normalized spacial score (nSPS) is 39.3. The Bertz CT molecular complexity index is 643. The molecule has 3 aliphatic rings. The van der Waals surface area contributed by atoms with E-state index in [1.807, 2.05) is 0 Å². The molecule has 3 saturated carbocycles. The molecule has 0 aromatic heterocycles. The van der Waals surface area contributed by atoms with E-state index in [9.17, 15) is 10.2 Å². The topological polar surface area (TPSA) is 40.5 Å². The summed E-state index contributed by atoms with van der Waals surface area (Å²) in [6, 6.07) is 0. The fourth-order valence-electron chi connectivity index (χ4n) is 6.73. The molecule has 0 aromatic carbocycles. The van der Waals surface area contributed by atoms with E-state index in [4.69, 9.17) is 0 Å². The summed E-state index contributed by atoms with van der Waals surface area (Å²) in [5.74, 6) is 3.20. The van der Waals surface area contributed by atoms with Gasteiger partial charge < -0.3 is 10.2 Å². The van der Waals surface area contributed by atoms with Gasteiger partial charge in [0, 0.05) is 6.42 Å². The molecule has 0 heterocycles. The zero-order valence-electron chi connectivity index (χ0n) is 19.3. The van der Waals surface area contributed by atoms with Crippen LogP contribution in [0.2, 0.25) is 0 Å². The average molecular weight is 401 g/mol. The largest absolute Gasteiger partial charge is 0.393 e. The van der Waals surface area contributed by atoms with E-state index in [-0.39, 0.29) is 0 Å². The average Bonchev–Trinajstić information content (AvgIpc) is 3.00. The Morgan fingerprint density at radius 2 is 1.90 bits per heavy atom. The van der Waals surface area contributed by atoms with Gasteiger partial charge >= 0.3 is 0 Å². The van der Waals surface area contributed by atoms with Gasteiger partial charge in [-0.3, -0.25) is 0 Å². The third-order valence-corrected chi connectivity index (χ3v) is 8.43. The summed E-state index contributed by atoms with van der Waals surface area (Å²) in [6.07, 6.45) is 15.2. The second kappa shape index (κ2) is 9.52. The van der Waals surface area contributed by atoms with Crippen LogP contribution in [0.15, 0.2) is 35.5 Å². The Kier molecular flexibility index (Phi) is 7.49. The fourth-order valence-corrected chi connectivity index (χ4v) is 6.73. The van der Waals surface area contributed by atoms with Crippen molar-refractivity contribution in [2.75, 3.05) is 0 Å². The summed E-state index contributed by atoms with van der Waals surface area (Å²) >= 11 is 0. The van der Waals surface area contributed by atoms with Crippen LogP contribution in [0.5, 0.6) is 0 Å². The Labute approximate surface area is 179 Å². The SMILES string of the molecule is C=C1C(=C/C=C2/CCC[C@]3(C)[C@@H]([C@H](C)CCCC(C)C)CC[C@@H]23)C[C@@H](O)C[C@@H]1O. The van der Waals surface area contributed by atoms with E-state index in [1.54, 1.807) is 5.57 Å². The molecule has 0 amide bonds. The van der Waals surface area contributed by atoms with E-state index in [0.717, 1.165) is 28.9 Å². The van der Waals surface area contributed by atoms with E-state index in [1.165, 1.54) is 51.4 Å². The van der Waals surface area contributed by atoms with Crippen LogP contribution in [0.1, 0.15) is 91.9 Å². The number of fused-ring (bicyclic) bond motifs is 1. The number of aliphatic hydroxyl groups excluding tert-OH is 2. The summed E-state index contributed by atoms with van der Waals surface area (Å²) in [5.41, 5.74) is 3.88. The Morgan fingerprint density at radius 1 is 1.14 bits per heavy atom. The highest BCUT2D eigenvalue weighted by molar-refractivity contribution is 5.38. The first kappa shape index (κ1) is 22.8. The van der Waals surface area contributed by atoms with Crippen LogP contribution in [0.3, 0.4) is 0 Å². The summed E-state index contributed by atoms with van der Waals surface area (Å²) in [7, 11) is 0. The minimum Gasteiger partial charge on any atom is -0.393 e. The van der Waals surface area contributed by atoms with Gasteiger partial charge in [0.25, 0.3) is 0 Å². The fraction of sp³-hybridized carbons (Fsp3) is 0.778. The van der Waals surface area contributed by atoms with Gasteiger partial charge in [0.1, 0.15) is 0 Å². The second-order valence-electron chi connectivity index (χ2n) is 11.0. The summed E-state index contributed by atoms with van der Waals surface area (Å²) in [6.45, 7) is 13.8. The molecule has 2 N–H and O–H groups in total. The van der Waals surface area contributed by atoms with E-state index in [0.29, 0.717) is 24.2 Å². The first-order chi connectivity index (χ1) is 13.7. The molecule has 0 bridgehead atoms.